The summed E-state index contributed by atoms with van der Waals surface area (Å²) in [4.78, 5) is 27.9. The van der Waals surface area contributed by atoms with Crippen molar-refractivity contribution < 1.29 is 77.1 Å². The van der Waals surface area contributed by atoms with Gasteiger partial charge < -0.3 is 63.6 Å². The highest BCUT2D eigenvalue weighted by Gasteiger charge is 2.71. The Morgan fingerprint density at radius 1 is 0.979 bits per heavy atom. The van der Waals surface area contributed by atoms with E-state index in [2.05, 4.69) is 0 Å². The van der Waals surface area contributed by atoms with E-state index in [-0.39, 0.29) is 42.0 Å². The van der Waals surface area contributed by atoms with Gasteiger partial charge in [0, 0.05) is 18.9 Å². The number of carbonyl (C=O) groups is 2. The highest BCUT2D eigenvalue weighted by Crippen LogP contribution is 2.57. The van der Waals surface area contributed by atoms with Crippen LogP contribution in [0.2, 0.25) is 0 Å². The second kappa shape index (κ2) is 12.2. The number of carbonyl (C=O) groups excluding carboxylic acids is 2. The Hall–Kier alpha value is -4.00. The van der Waals surface area contributed by atoms with Gasteiger partial charge in [-0.25, -0.2) is 0 Å². The van der Waals surface area contributed by atoms with E-state index in [4.69, 9.17) is 33.2 Å². The zero-order valence-electron chi connectivity index (χ0n) is 26.2. The molecule has 2 aromatic carbocycles. The fourth-order valence-electron chi connectivity index (χ4n) is 7.22. The van der Waals surface area contributed by atoms with Crippen LogP contribution in [0.5, 0.6) is 28.7 Å². The third-order valence-electron chi connectivity index (χ3n) is 9.62. The summed E-state index contributed by atoms with van der Waals surface area (Å²) < 4.78 is 70.3. The molecule has 4 aliphatic rings. The minimum absolute atomic E-state index is 0.151. The molecular weight excluding hydrogens is 648 g/mol. The number of fused-ring (bicyclic) bond motifs is 3. The summed E-state index contributed by atoms with van der Waals surface area (Å²) in [6.45, 7) is -1.57. The Labute approximate surface area is 272 Å². The summed E-state index contributed by atoms with van der Waals surface area (Å²) in [5, 5.41) is 51.2. The lowest BCUT2D eigenvalue weighted by molar-refractivity contribution is -0.402. The predicted molar refractivity (Wildman–Crippen MR) is 154 cm³/mol. The summed E-state index contributed by atoms with van der Waals surface area (Å²) in [6, 6.07) is 5.07. The van der Waals surface area contributed by atoms with Crippen LogP contribution < -0.4 is 23.7 Å². The molecule has 0 radical (unpaired) electrons. The maximum Gasteiger partial charge on any atom is 0.379 e. The number of benzene rings is 2. The zero-order valence-corrected chi connectivity index (χ0v) is 26.2. The minimum Gasteiger partial charge on any atom is -0.493 e. The van der Waals surface area contributed by atoms with E-state index in [1.54, 1.807) is 18.2 Å². The lowest BCUT2D eigenvalue weighted by atomic mass is 9.65. The molecule has 2 fully saturated rings. The molecule has 15 nitrogen and oxygen atoms in total. The van der Waals surface area contributed by atoms with Gasteiger partial charge in [-0.2, -0.15) is 8.78 Å². The van der Waals surface area contributed by atoms with Crippen molar-refractivity contribution >= 4 is 11.9 Å². The number of cyclic esters (lactones) is 1. The maximum atomic E-state index is 16.2. The second-order valence-corrected chi connectivity index (χ2v) is 12.0. The van der Waals surface area contributed by atoms with E-state index in [1.165, 1.54) is 27.4 Å². The second-order valence-electron chi connectivity index (χ2n) is 12.0. The molecule has 48 heavy (non-hydrogen) atoms. The molecule has 3 heterocycles. The van der Waals surface area contributed by atoms with Gasteiger partial charge in [-0.3, -0.25) is 9.59 Å². The largest absolute Gasteiger partial charge is 0.493 e. The molecule has 5 N–H and O–H groups in total. The summed E-state index contributed by atoms with van der Waals surface area (Å²) in [6.07, 6.45) is -9.32. The van der Waals surface area contributed by atoms with Gasteiger partial charge in [0.05, 0.1) is 46.5 Å². The van der Waals surface area contributed by atoms with E-state index in [9.17, 15) is 35.1 Å². The van der Waals surface area contributed by atoms with Crippen LogP contribution in [0.3, 0.4) is 0 Å². The summed E-state index contributed by atoms with van der Waals surface area (Å²) in [7, 11) is 5.28. The van der Waals surface area contributed by atoms with Crippen molar-refractivity contribution in [2.75, 3.05) is 48.4 Å². The van der Waals surface area contributed by atoms with E-state index in [0.717, 1.165) is 7.05 Å². The lowest BCUT2D eigenvalue weighted by Gasteiger charge is -2.49. The van der Waals surface area contributed by atoms with Crippen LogP contribution in [0.4, 0.5) is 8.78 Å². The standard InChI is InChI=1S/C31H35F2NO14/c1-34(29(40)30(32,33)31(41)27(38)25(37)24(36)20(9-35)48-31)23-14-8-17-16(46-11-47-17)7-13(14)21(22-15(23)10-45-28(22)39)12-5-18(42-2)26(44-4)19(6-12)43-3/h5-8,15,20-25,27,35-38,41H,9-11H2,1-4H3/t15?,20-,21-,22+,23-,24-,25+,27-,31-/m1/s1. The van der Waals surface area contributed by atoms with Gasteiger partial charge in [0.25, 0.3) is 11.7 Å². The fraction of sp³-hybridized carbons (Fsp3) is 0.548. The third-order valence-corrected chi connectivity index (χ3v) is 9.62. The molecule has 9 atom stereocenters. The average Bonchev–Trinajstić information content (AvgIpc) is 3.71. The number of esters is 1. The molecule has 0 aromatic heterocycles. The van der Waals surface area contributed by atoms with Crippen LogP contribution in [0.1, 0.15) is 28.7 Å². The summed E-state index contributed by atoms with van der Waals surface area (Å²) >= 11 is 0. The number of halogens is 2. The van der Waals surface area contributed by atoms with Crippen molar-refractivity contribution in [2.24, 2.45) is 11.8 Å². The average molecular weight is 684 g/mol. The molecule has 17 heteroatoms. The zero-order chi connectivity index (χ0) is 34.9. The Kier molecular flexibility index (Phi) is 8.58. The van der Waals surface area contributed by atoms with Gasteiger partial charge in [0.15, 0.2) is 23.0 Å². The van der Waals surface area contributed by atoms with Crippen molar-refractivity contribution in [3.05, 3.63) is 41.0 Å². The van der Waals surface area contributed by atoms with Gasteiger partial charge in [-0.05, 0) is 41.0 Å². The van der Waals surface area contributed by atoms with Crippen LogP contribution in [-0.2, 0) is 19.1 Å². The molecule has 2 saturated heterocycles. The number of hydrogen-bond donors (Lipinski definition) is 5. The van der Waals surface area contributed by atoms with Crippen molar-refractivity contribution in [3.63, 3.8) is 0 Å². The molecule has 0 bridgehead atoms. The first kappa shape index (κ1) is 33.9. The summed E-state index contributed by atoms with van der Waals surface area (Å²) in [5.41, 5.74) is 1.19. The van der Waals surface area contributed by atoms with Crippen molar-refractivity contribution in [2.45, 2.75) is 48.1 Å². The topological polar surface area (TPSA) is 203 Å². The van der Waals surface area contributed by atoms with Crippen molar-refractivity contribution in [1.29, 1.82) is 0 Å². The first-order chi connectivity index (χ1) is 22.7. The van der Waals surface area contributed by atoms with E-state index < -0.39 is 78.4 Å². The molecule has 0 spiro atoms. The van der Waals surface area contributed by atoms with Crippen LogP contribution in [0.15, 0.2) is 24.3 Å². The van der Waals surface area contributed by atoms with Gasteiger partial charge in [-0.1, -0.05) is 0 Å². The molecule has 0 saturated carbocycles. The third kappa shape index (κ3) is 4.82. The van der Waals surface area contributed by atoms with E-state index in [1.807, 2.05) is 0 Å². The minimum atomic E-state index is -4.97. The first-order valence-electron chi connectivity index (χ1n) is 14.9. The van der Waals surface area contributed by atoms with Gasteiger partial charge in [-0.15, -0.1) is 0 Å². The molecule has 262 valence electrons. The SMILES string of the molecule is COc1cc([C@@H]2c3cc4c(cc3[C@@H](N(C)C(=O)C(F)(F)[C@]3(O)O[C@H](CO)[C@@H](O)[C@H](O)[C@H]3O)C3COC(=O)[C@@H]32)OCO4)cc(OC)c1OC. The number of methoxy groups -OCH3 is 3. The number of aliphatic hydroxyl groups is 5. The molecule has 1 amide bonds. The van der Waals surface area contributed by atoms with Gasteiger partial charge >= 0.3 is 11.9 Å². The normalized spacial score (nSPS) is 32.2. The smallest absolute Gasteiger partial charge is 0.379 e. The van der Waals surface area contributed by atoms with Crippen LogP contribution in [0.25, 0.3) is 0 Å². The first-order valence-corrected chi connectivity index (χ1v) is 14.9. The molecule has 1 unspecified atom stereocenters. The highest BCUT2D eigenvalue weighted by atomic mass is 19.3. The predicted octanol–water partition coefficient (Wildman–Crippen LogP) is -0.327. The number of nitrogens with zero attached hydrogens (tertiary/aromatic N) is 1. The van der Waals surface area contributed by atoms with Crippen LogP contribution in [0, 0.1) is 11.8 Å². The van der Waals surface area contributed by atoms with E-state index >= 15 is 8.78 Å². The Morgan fingerprint density at radius 2 is 1.58 bits per heavy atom. The highest BCUT2D eigenvalue weighted by molar-refractivity contribution is 5.86. The molecular formula is C31H35F2NO14. The maximum absolute atomic E-state index is 16.2. The van der Waals surface area contributed by atoms with Crippen LogP contribution in [-0.4, -0.2) is 127 Å². The number of rotatable bonds is 8. The van der Waals surface area contributed by atoms with E-state index in [0.29, 0.717) is 21.8 Å². The number of alkyl halides is 2. The quantitative estimate of drug-likeness (QED) is 0.226. The van der Waals surface area contributed by atoms with Gasteiger partial charge in [0.2, 0.25) is 12.5 Å². The molecule has 6 rings (SSSR count). The fourth-order valence-corrected chi connectivity index (χ4v) is 7.22. The number of hydrogen-bond acceptors (Lipinski definition) is 14. The Morgan fingerprint density at radius 3 is 2.15 bits per heavy atom. The molecule has 1 aliphatic carbocycles. The Balaban J connectivity index is 1.49. The number of aliphatic hydroxyl groups excluding tert-OH is 4. The monoisotopic (exact) mass is 683 g/mol. The van der Waals surface area contributed by atoms with Gasteiger partial charge in [0.1, 0.15) is 24.4 Å². The molecule has 2 aromatic rings. The Bertz CT molecular complexity index is 1580. The number of amides is 1. The van der Waals surface area contributed by atoms with Crippen molar-refractivity contribution in [1.82, 2.24) is 4.90 Å². The van der Waals surface area contributed by atoms with Crippen molar-refractivity contribution in [3.8, 4) is 28.7 Å². The summed E-state index contributed by atoms with van der Waals surface area (Å²) in [5.74, 6) is -13.2. The van der Waals surface area contributed by atoms with Crippen LogP contribution >= 0.6 is 0 Å². The lowest BCUT2D eigenvalue weighted by Crippen LogP contribution is -2.74. The number of ether oxygens (including phenoxy) is 7. The molecule has 3 aliphatic heterocycles.